The van der Waals surface area contributed by atoms with Gasteiger partial charge >= 0.3 is 6.03 Å². The number of aliphatic hydroxyl groups is 1. The standard InChI is InChI=1S/C17H22N4O3S2/c1-17(2,23)15-19-8-13(25-15)26(18,24)21-16(22)20-14-11-5-3-9(11)7-10-4-6-12(10)14/h7-8,23,26H,3-6H2,1-2H3,(H4,18,20,21,22,24). The summed E-state index contributed by atoms with van der Waals surface area (Å²) in [4.78, 5) is 16.5. The van der Waals surface area contributed by atoms with Crippen molar-refractivity contribution in [1.29, 1.82) is 0 Å². The zero-order valence-corrected chi connectivity index (χ0v) is 16.3. The minimum Gasteiger partial charge on any atom is -0.383 e. The summed E-state index contributed by atoms with van der Waals surface area (Å²) in [6, 6.07) is 1.65. The molecule has 0 saturated carbocycles. The highest BCUT2D eigenvalue weighted by molar-refractivity contribution is 8.01. The fraction of sp³-hybridized carbons (Fsp3) is 0.412. The van der Waals surface area contributed by atoms with E-state index in [1.807, 2.05) is 0 Å². The summed E-state index contributed by atoms with van der Waals surface area (Å²) in [6.07, 6.45) is 5.31. The molecule has 0 radical (unpaired) electrons. The van der Waals surface area contributed by atoms with Gasteiger partial charge in [0.05, 0.1) is 6.20 Å². The van der Waals surface area contributed by atoms with Crippen molar-refractivity contribution in [3.8, 4) is 0 Å². The lowest BCUT2D eigenvalue weighted by atomic mass is 9.76. The number of nitrogens with one attached hydrogen (secondary N) is 2. The summed E-state index contributed by atoms with van der Waals surface area (Å²) < 4.78 is 15.4. The van der Waals surface area contributed by atoms with Gasteiger partial charge in [-0.2, -0.15) is 0 Å². The maximum absolute atomic E-state index is 12.8. The molecule has 0 fully saturated rings. The Labute approximate surface area is 156 Å². The van der Waals surface area contributed by atoms with Gasteiger partial charge in [-0.15, -0.1) is 11.3 Å². The van der Waals surface area contributed by atoms with Gasteiger partial charge in [-0.1, -0.05) is 6.07 Å². The third-order valence-electron chi connectivity index (χ3n) is 4.87. The highest BCUT2D eigenvalue weighted by atomic mass is 32.3. The first kappa shape index (κ1) is 17.6. The van der Waals surface area contributed by atoms with Crippen molar-refractivity contribution in [1.82, 2.24) is 9.71 Å². The number of fused-ring (bicyclic) bond motifs is 2. The number of aromatic nitrogens is 1. The number of amides is 2. The molecule has 1 aromatic carbocycles. The number of nitrogens with zero attached hydrogens (tertiary/aromatic N) is 1. The van der Waals surface area contributed by atoms with Gasteiger partial charge in [0.1, 0.15) is 14.8 Å². The lowest BCUT2D eigenvalue weighted by Gasteiger charge is -2.32. The molecular formula is C17H22N4O3S2. The van der Waals surface area contributed by atoms with Crippen molar-refractivity contribution < 1.29 is 14.1 Å². The summed E-state index contributed by atoms with van der Waals surface area (Å²) >= 11 is 1.04. The van der Waals surface area contributed by atoms with Crippen LogP contribution in [0.25, 0.3) is 0 Å². The predicted octanol–water partition coefficient (Wildman–Crippen LogP) is 1.55. The fourth-order valence-corrected chi connectivity index (χ4v) is 5.57. The topological polar surface area (TPSA) is 117 Å². The quantitative estimate of drug-likeness (QED) is 0.506. The zero-order valence-electron chi connectivity index (χ0n) is 14.6. The number of aryl methyl sites for hydroxylation is 2. The van der Waals surface area contributed by atoms with Crippen molar-refractivity contribution >= 4 is 33.4 Å². The molecule has 9 heteroatoms. The largest absolute Gasteiger partial charge is 0.383 e. The van der Waals surface area contributed by atoms with Crippen molar-refractivity contribution in [2.75, 3.05) is 5.32 Å². The van der Waals surface area contributed by atoms with Crippen molar-refractivity contribution in [3.63, 3.8) is 0 Å². The molecule has 140 valence electrons. The van der Waals surface area contributed by atoms with E-state index in [1.165, 1.54) is 28.5 Å². The molecule has 4 rings (SSSR count). The summed E-state index contributed by atoms with van der Waals surface area (Å²) in [7, 11) is -3.62. The van der Waals surface area contributed by atoms with E-state index < -0.39 is 21.9 Å². The van der Waals surface area contributed by atoms with E-state index in [0.29, 0.717) is 5.01 Å². The number of carbonyl (C=O) groups is 1. The third kappa shape index (κ3) is 2.94. The molecule has 2 aromatic rings. The number of hydrogen-bond acceptors (Lipinski definition) is 5. The molecule has 0 unspecified atom stereocenters. The molecule has 7 nitrogen and oxygen atoms in total. The van der Waals surface area contributed by atoms with Crippen molar-refractivity contribution in [2.45, 2.75) is 49.3 Å². The van der Waals surface area contributed by atoms with E-state index in [9.17, 15) is 14.1 Å². The number of carbonyl (C=O) groups excluding carboxylic acids is 1. The molecule has 0 bridgehead atoms. The minimum atomic E-state index is -3.62. The van der Waals surface area contributed by atoms with E-state index in [2.05, 4.69) is 21.1 Å². The van der Waals surface area contributed by atoms with Crippen LogP contribution in [0.3, 0.4) is 0 Å². The number of urea groups is 1. The molecule has 26 heavy (non-hydrogen) atoms. The number of thiazole rings is 1. The van der Waals surface area contributed by atoms with E-state index in [1.54, 1.807) is 13.8 Å². The predicted molar refractivity (Wildman–Crippen MR) is 103 cm³/mol. The molecule has 2 aliphatic rings. The Hall–Kier alpha value is -1.81. The molecule has 0 atom stereocenters. The van der Waals surface area contributed by atoms with Gasteiger partial charge in [0.2, 0.25) is 0 Å². The van der Waals surface area contributed by atoms with Gasteiger partial charge in [0.25, 0.3) is 0 Å². The lowest BCUT2D eigenvalue weighted by Crippen LogP contribution is -2.45. The molecule has 2 aliphatic carbocycles. The van der Waals surface area contributed by atoms with Crippen LogP contribution in [0.5, 0.6) is 0 Å². The first-order chi connectivity index (χ1) is 12.1. The van der Waals surface area contributed by atoms with E-state index in [-0.39, 0.29) is 4.21 Å². The Kier molecular flexibility index (Phi) is 3.96. The molecular weight excluding hydrogens is 372 g/mol. The van der Waals surface area contributed by atoms with Gasteiger partial charge in [0, 0.05) is 16.0 Å². The molecule has 1 aromatic heterocycles. The van der Waals surface area contributed by atoms with Crippen LogP contribution in [0, 0.1) is 0 Å². The first-order valence-electron chi connectivity index (χ1n) is 8.49. The van der Waals surface area contributed by atoms with Crippen LogP contribution in [0.15, 0.2) is 16.5 Å². The number of rotatable bonds is 4. The highest BCUT2D eigenvalue weighted by Gasteiger charge is 2.29. The van der Waals surface area contributed by atoms with Crippen LogP contribution in [-0.4, -0.2) is 20.3 Å². The average molecular weight is 395 g/mol. The Morgan fingerprint density at radius 2 is 1.88 bits per heavy atom. The van der Waals surface area contributed by atoms with Crippen LogP contribution in [-0.2, 0) is 41.6 Å². The Balaban J connectivity index is 1.52. The van der Waals surface area contributed by atoms with Crippen molar-refractivity contribution in [2.24, 2.45) is 5.14 Å². The molecule has 0 spiro atoms. The third-order valence-corrected chi connectivity index (χ3v) is 8.37. The average Bonchev–Trinajstić information content (AvgIpc) is 2.93. The maximum Gasteiger partial charge on any atom is 0.330 e. The van der Waals surface area contributed by atoms with Crippen LogP contribution in [0.4, 0.5) is 10.5 Å². The summed E-state index contributed by atoms with van der Waals surface area (Å²) in [5, 5.41) is 19.1. The van der Waals surface area contributed by atoms with E-state index in [4.69, 9.17) is 5.14 Å². The number of thiol groups is 1. The smallest absolute Gasteiger partial charge is 0.330 e. The van der Waals surface area contributed by atoms with Gasteiger partial charge in [0.15, 0.2) is 0 Å². The van der Waals surface area contributed by atoms with Gasteiger partial charge < -0.3 is 10.4 Å². The second-order valence-corrected chi connectivity index (χ2v) is 10.7. The monoisotopic (exact) mass is 394 g/mol. The fourth-order valence-electron chi connectivity index (χ4n) is 3.27. The SMILES string of the molecule is CC(C)(O)c1ncc([SH](N)(=O)NC(=O)Nc2c3c(cc4c2CC4)CC3)s1. The number of hydrogen-bond donors (Lipinski definition) is 5. The Bertz CT molecular complexity index is 931. The molecule has 1 heterocycles. The molecule has 0 aliphatic heterocycles. The number of benzene rings is 1. The van der Waals surface area contributed by atoms with Crippen LogP contribution in [0.2, 0.25) is 0 Å². The number of anilines is 1. The van der Waals surface area contributed by atoms with Crippen LogP contribution >= 0.6 is 11.3 Å². The van der Waals surface area contributed by atoms with Gasteiger partial charge in [-0.05, 0) is 61.8 Å². The maximum atomic E-state index is 12.8. The second kappa shape index (κ2) is 5.85. The summed E-state index contributed by atoms with van der Waals surface area (Å²) in [6.45, 7) is 3.17. The molecule has 2 amide bonds. The number of nitrogens with two attached hydrogens (primary N) is 1. The van der Waals surface area contributed by atoms with Crippen molar-refractivity contribution in [3.05, 3.63) is 39.5 Å². The zero-order chi connectivity index (χ0) is 18.7. The van der Waals surface area contributed by atoms with Crippen LogP contribution in [0.1, 0.15) is 41.1 Å². The lowest BCUT2D eigenvalue weighted by molar-refractivity contribution is 0.0783. The van der Waals surface area contributed by atoms with Gasteiger partial charge in [-0.3, -0.25) is 9.86 Å². The Morgan fingerprint density at radius 1 is 1.27 bits per heavy atom. The highest BCUT2D eigenvalue weighted by Crippen LogP contribution is 2.40. The van der Waals surface area contributed by atoms with E-state index in [0.717, 1.165) is 42.7 Å². The second-order valence-electron chi connectivity index (χ2n) is 7.31. The summed E-state index contributed by atoms with van der Waals surface area (Å²) in [5.41, 5.74) is 4.62. The summed E-state index contributed by atoms with van der Waals surface area (Å²) in [5.74, 6) is 0. The van der Waals surface area contributed by atoms with E-state index >= 15 is 0 Å². The molecule has 5 N–H and O–H groups in total. The Morgan fingerprint density at radius 3 is 2.35 bits per heavy atom. The first-order valence-corrected chi connectivity index (χ1v) is 11.1. The molecule has 0 saturated heterocycles. The minimum absolute atomic E-state index is 0.249. The van der Waals surface area contributed by atoms with Gasteiger partial charge in [-0.25, -0.2) is 14.0 Å². The van der Waals surface area contributed by atoms with Crippen LogP contribution < -0.4 is 15.2 Å². The normalized spacial score (nSPS) is 16.0.